The van der Waals surface area contributed by atoms with Gasteiger partial charge in [0.15, 0.2) is 0 Å². The van der Waals surface area contributed by atoms with E-state index in [-0.39, 0.29) is 11.9 Å². The summed E-state index contributed by atoms with van der Waals surface area (Å²) in [5.74, 6) is -0.786. The molecule has 0 saturated carbocycles. The Morgan fingerprint density at radius 3 is 2.50 bits per heavy atom. The van der Waals surface area contributed by atoms with Gasteiger partial charge in [0.25, 0.3) is 11.8 Å². The van der Waals surface area contributed by atoms with Gasteiger partial charge in [-0.15, -0.1) is 0 Å². The molecule has 6 nitrogen and oxygen atoms in total. The van der Waals surface area contributed by atoms with Crippen LogP contribution in [0.3, 0.4) is 0 Å². The Morgan fingerprint density at radius 2 is 1.91 bits per heavy atom. The number of H-pyrrole nitrogens is 1. The summed E-state index contributed by atoms with van der Waals surface area (Å²) in [7, 11) is 0. The average molecular weight is 301 g/mol. The number of hydrogen-bond acceptors (Lipinski definition) is 3. The zero-order valence-corrected chi connectivity index (χ0v) is 12.7. The Bertz CT molecular complexity index is 706. The van der Waals surface area contributed by atoms with Gasteiger partial charge in [0.1, 0.15) is 5.69 Å². The molecular weight excluding hydrogens is 282 g/mol. The second-order valence-corrected chi connectivity index (χ2v) is 5.27. The molecule has 22 heavy (non-hydrogen) atoms. The summed E-state index contributed by atoms with van der Waals surface area (Å²) >= 11 is 0. The van der Waals surface area contributed by atoms with E-state index >= 15 is 0 Å². The molecule has 1 heterocycles. The van der Waals surface area contributed by atoms with Crippen LogP contribution in [0, 0.1) is 13.8 Å². The molecule has 0 aliphatic carbocycles. The second-order valence-electron chi connectivity index (χ2n) is 5.27. The van der Waals surface area contributed by atoms with Gasteiger partial charge in [-0.2, -0.15) is 0 Å². The molecular formula is C16H19N3O3. The topological polar surface area (TPSA) is 94.2 Å². The van der Waals surface area contributed by atoms with Gasteiger partial charge in [0, 0.05) is 11.3 Å². The SMILES string of the molecule is Cc1cc(C)c(C(=O)NC(C)c2cccc(C(=O)NO)c2)[nH]1. The normalized spacial score (nSPS) is 11.8. The van der Waals surface area contributed by atoms with Crippen molar-refractivity contribution in [3.63, 3.8) is 0 Å². The van der Waals surface area contributed by atoms with E-state index in [0.29, 0.717) is 11.3 Å². The first kappa shape index (κ1) is 15.8. The summed E-state index contributed by atoms with van der Waals surface area (Å²) in [5, 5.41) is 11.6. The quantitative estimate of drug-likeness (QED) is 0.515. The van der Waals surface area contributed by atoms with Gasteiger partial charge in [0.05, 0.1) is 6.04 Å². The van der Waals surface area contributed by atoms with Gasteiger partial charge in [-0.3, -0.25) is 14.8 Å². The lowest BCUT2D eigenvalue weighted by atomic mass is 10.0. The first-order valence-corrected chi connectivity index (χ1v) is 6.94. The van der Waals surface area contributed by atoms with E-state index in [0.717, 1.165) is 16.8 Å². The maximum atomic E-state index is 12.3. The number of rotatable bonds is 4. The molecule has 1 atom stereocenters. The smallest absolute Gasteiger partial charge is 0.274 e. The molecule has 0 saturated heterocycles. The molecule has 2 aromatic rings. The minimum absolute atomic E-state index is 0.199. The van der Waals surface area contributed by atoms with Crippen molar-refractivity contribution in [2.45, 2.75) is 26.8 Å². The fourth-order valence-electron chi connectivity index (χ4n) is 2.33. The molecule has 1 aromatic heterocycles. The molecule has 0 spiro atoms. The Labute approximate surface area is 128 Å². The lowest BCUT2D eigenvalue weighted by Gasteiger charge is -2.15. The van der Waals surface area contributed by atoms with E-state index in [2.05, 4.69) is 10.3 Å². The Morgan fingerprint density at radius 1 is 1.18 bits per heavy atom. The van der Waals surface area contributed by atoms with E-state index in [1.165, 1.54) is 0 Å². The predicted molar refractivity (Wildman–Crippen MR) is 81.8 cm³/mol. The molecule has 6 heteroatoms. The number of amides is 2. The third kappa shape index (κ3) is 3.35. The van der Waals surface area contributed by atoms with Gasteiger partial charge in [-0.05, 0) is 50.1 Å². The number of aromatic amines is 1. The predicted octanol–water partition coefficient (Wildman–Crippen LogP) is 2.24. The number of hydroxylamine groups is 1. The minimum atomic E-state index is -0.587. The summed E-state index contributed by atoms with van der Waals surface area (Å²) in [6.07, 6.45) is 0. The fraction of sp³-hybridized carbons (Fsp3) is 0.250. The molecule has 2 rings (SSSR count). The maximum absolute atomic E-state index is 12.3. The van der Waals surface area contributed by atoms with E-state index in [9.17, 15) is 9.59 Å². The van der Waals surface area contributed by atoms with E-state index in [1.54, 1.807) is 23.7 Å². The van der Waals surface area contributed by atoms with Crippen molar-refractivity contribution in [3.8, 4) is 0 Å². The summed E-state index contributed by atoms with van der Waals surface area (Å²) < 4.78 is 0. The first-order valence-electron chi connectivity index (χ1n) is 6.94. The van der Waals surface area contributed by atoms with Gasteiger partial charge < -0.3 is 10.3 Å². The van der Waals surface area contributed by atoms with Crippen LogP contribution >= 0.6 is 0 Å². The van der Waals surface area contributed by atoms with Crippen LogP contribution < -0.4 is 10.8 Å². The molecule has 116 valence electrons. The van der Waals surface area contributed by atoms with Crippen LogP contribution in [-0.4, -0.2) is 22.0 Å². The molecule has 0 radical (unpaired) electrons. The average Bonchev–Trinajstić information content (AvgIpc) is 2.85. The van der Waals surface area contributed by atoms with Gasteiger partial charge in [-0.25, -0.2) is 5.48 Å². The molecule has 0 aliphatic rings. The van der Waals surface area contributed by atoms with Crippen molar-refractivity contribution in [1.82, 2.24) is 15.8 Å². The number of aryl methyl sites for hydroxylation is 2. The van der Waals surface area contributed by atoms with E-state index < -0.39 is 5.91 Å². The highest BCUT2D eigenvalue weighted by Gasteiger charge is 2.16. The number of benzene rings is 1. The largest absolute Gasteiger partial charge is 0.354 e. The van der Waals surface area contributed by atoms with Crippen LogP contribution in [0.2, 0.25) is 0 Å². The number of hydrogen-bond donors (Lipinski definition) is 4. The minimum Gasteiger partial charge on any atom is -0.354 e. The lowest BCUT2D eigenvalue weighted by molar-refractivity contribution is 0.0706. The Balaban J connectivity index is 2.15. The summed E-state index contributed by atoms with van der Waals surface area (Å²) in [4.78, 5) is 26.7. The Hall–Kier alpha value is -2.60. The molecule has 2 amide bonds. The van der Waals surface area contributed by atoms with Gasteiger partial charge in [-0.1, -0.05) is 12.1 Å². The van der Waals surface area contributed by atoms with Crippen molar-refractivity contribution in [2.75, 3.05) is 0 Å². The van der Waals surface area contributed by atoms with Crippen molar-refractivity contribution < 1.29 is 14.8 Å². The molecule has 0 bridgehead atoms. The molecule has 0 fully saturated rings. The molecule has 4 N–H and O–H groups in total. The fourth-order valence-corrected chi connectivity index (χ4v) is 2.33. The second kappa shape index (κ2) is 6.44. The van der Waals surface area contributed by atoms with Crippen molar-refractivity contribution >= 4 is 11.8 Å². The van der Waals surface area contributed by atoms with Crippen LogP contribution in [-0.2, 0) is 0 Å². The van der Waals surface area contributed by atoms with Crippen molar-refractivity contribution in [1.29, 1.82) is 0 Å². The number of carbonyl (C=O) groups excluding carboxylic acids is 2. The van der Waals surface area contributed by atoms with Gasteiger partial charge >= 0.3 is 0 Å². The zero-order chi connectivity index (χ0) is 16.3. The van der Waals surface area contributed by atoms with E-state index in [1.807, 2.05) is 32.9 Å². The standard InChI is InChI=1S/C16H19N3O3/c1-9-7-10(2)17-14(9)16(21)18-11(3)12-5-4-6-13(8-12)15(20)19-22/h4-8,11,17,22H,1-3H3,(H,18,21)(H,19,20). The van der Waals surface area contributed by atoms with Crippen molar-refractivity contribution in [2.24, 2.45) is 0 Å². The monoisotopic (exact) mass is 301 g/mol. The van der Waals surface area contributed by atoms with Crippen LogP contribution in [0.25, 0.3) is 0 Å². The third-order valence-corrected chi connectivity index (χ3v) is 3.47. The zero-order valence-electron chi connectivity index (χ0n) is 12.7. The van der Waals surface area contributed by atoms with Crippen LogP contribution in [0.5, 0.6) is 0 Å². The van der Waals surface area contributed by atoms with Gasteiger partial charge in [0.2, 0.25) is 0 Å². The van der Waals surface area contributed by atoms with Crippen molar-refractivity contribution in [3.05, 3.63) is 58.4 Å². The summed E-state index contributed by atoms with van der Waals surface area (Å²) in [6.45, 7) is 5.60. The van der Waals surface area contributed by atoms with E-state index in [4.69, 9.17) is 5.21 Å². The lowest BCUT2D eigenvalue weighted by Crippen LogP contribution is -2.28. The van der Waals surface area contributed by atoms with Crippen LogP contribution in [0.15, 0.2) is 30.3 Å². The summed E-state index contributed by atoms with van der Waals surface area (Å²) in [5.41, 5.74) is 5.04. The Kier molecular flexibility index (Phi) is 4.62. The molecule has 1 aromatic carbocycles. The highest BCUT2D eigenvalue weighted by molar-refractivity contribution is 5.95. The first-order chi connectivity index (χ1) is 10.4. The third-order valence-electron chi connectivity index (χ3n) is 3.47. The highest BCUT2D eigenvalue weighted by Crippen LogP contribution is 2.16. The molecule has 1 unspecified atom stereocenters. The highest BCUT2D eigenvalue weighted by atomic mass is 16.5. The number of aromatic nitrogens is 1. The number of nitrogens with one attached hydrogen (secondary N) is 3. The molecule has 0 aliphatic heterocycles. The van der Waals surface area contributed by atoms with Crippen LogP contribution in [0.1, 0.15) is 50.6 Å². The number of carbonyl (C=O) groups is 2. The maximum Gasteiger partial charge on any atom is 0.274 e. The van der Waals surface area contributed by atoms with Crippen LogP contribution in [0.4, 0.5) is 0 Å². The summed E-state index contributed by atoms with van der Waals surface area (Å²) in [6, 6.07) is 8.36.